The summed E-state index contributed by atoms with van der Waals surface area (Å²) in [5, 5.41) is 3.36. The van der Waals surface area contributed by atoms with Gasteiger partial charge in [-0.05, 0) is 26.4 Å². The van der Waals surface area contributed by atoms with Crippen LogP contribution in [0.3, 0.4) is 0 Å². The van der Waals surface area contributed by atoms with E-state index in [1.54, 1.807) is 0 Å². The first-order valence-corrected chi connectivity index (χ1v) is 6.91. The van der Waals surface area contributed by atoms with Crippen molar-refractivity contribution in [3.8, 4) is 0 Å². The topological polar surface area (TPSA) is 24.5 Å². The molecule has 1 heterocycles. The fourth-order valence-electron chi connectivity index (χ4n) is 1.54. The molecule has 0 aromatic carbocycles. The van der Waals surface area contributed by atoms with Crippen molar-refractivity contribution in [3.63, 3.8) is 0 Å². The SMILES string of the molecule is CC(C)O[SiH2]CCN1CCNCC1. The third kappa shape index (κ3) is 5.41. The van der Waals surface area contributed by atoms with E-state index < -0.39 is 0 Å². The summed E-state index contributed by atoms with van der Waals surface area (Å²) in [5.74, 6) is 0. The Morgan fingerprint density at radius 2 is 2.08 bits per heavy atom. The van der Waals surface area contributed by atoms with Gasteiger partial charge in [-0.2, -0.15) is 0 Å². The van der Waals surface area contributed by atoms with Gasteiger partial charge in [0.25, 0.3) is 0 Å². The second kappa shape index (κ2) is 6.54. The monoisotopic (exact) mass is 202 g/mol. The zero-order valence-corrected chi connectivity index (χ0v) is 10.3. The lowest BCUT2D eigenvalue weighted by atomic mass is 10.4. The molecule has 0 amide bonds. The molecule has 78 valence electrons. The van der Waals surface area contributed by atoms with Gasteiger partial charge in [0.2, 0.25) is 0 Å². The maximum atomic E-state index is 5.63. The summed E-state index contributed by atoms with van der Waals surface area (Å²) in [6, 6.07) is 1.30. The Morgan fingerprint density at radius 3 is 2.69 bits per heavy atom. The van der Waals surface area contributed by atoms with Crippen molar-refractivity contribution in [1.29, 1.82) is 0 Å². The number of hydrogen-bond donors (Lipinski definition) is 1. The van der Waals surface area contributed by atoms with Crippen LogP contribution in [0.5, 0.6) is 0 Å². The molecule has 0 atom stereocenters. The van der Waals surface area contributed by atoms with Crippen LogP contribution >= 0.6 is 0 Å². The van der Waals surface area contributed by atoms with Gasteiger partial charge in [0, 0.05) is 32.3 Å². The Morgan fingerprint density at radius 1 is 1.38 bits per heavy atom. The molecule has 0 aliphatic carbocycles. The lowest BCUT2D eigenvalue weighted by Gasteiger charge is -2.27. The van der Waals surface area contributed by atoms with Crippen molar-refractivity contribution in [2.75, 3.05) is 32.7 Å². The molecule has 0 aromatic rings. The van der Waals surface area contributed by atoms with E-state index >= 15 is 0 Å². The van der Waals surface area contributed by atoms with Gasteiger partial charge in [0.1, 0.15) is 0 Å². The largest absolute Gasteiger partial charge is 0.422 e. The molecule has 0 aromatic heterocycles. The minimum Gasteiger partial charge on any atom is -0.422 e. The van der Waals surface area contributed by atoms with E-state index in [-0.39, 0.29) is 9.76 Å². The first-order chi connectivity index (χ1) is 6.29. The number of rotatable bonds is 5. The predicted molar refractivity (Wildman–Crippen MR) is 58.9 cm³/mol. The minimum atomic E-state index is -0.243. The highest BCUT2D eigenvalue weighted by Crippen LogP contribution is 1.95. The van der Waals surface area contributed by atoms with Crippen LogP contribution in [0.1, 0.15) is 13.8 Å². The van der Waals surface area contributed by atoms with E-state index in [4.69, 9.17) is 4.43 Å². The highest BCUT2D eigenvalue weighted by Gasteiger charge is 2.08. The molecule has 1 rings (SSSR count). The zero-order valence-electron chi connectivity index (χ0n) is 8.88. The first kappa shape index (κ1) is 11.2. The van der Waals surface area contributed by atoms with Crippen LogP contribution in [0.15, 0.2) is 0 Å². The summed E-state index contributed by atoms with van der Waals surface area (Å²) in [5.41, 5.74) is 0. The molecular weight excluding hydrogens is 180 g/mol. The van der Waals surface area contributed by atoms with E-state index in [9.17, 15) is 0 Å². The van der Waals surface area contributed by atoms with Crippen molar-refractivity contribution in [1.82, 2.24) is 10.2 Å². The van der Waals surface area contributed by atoms with Crippen molar-refractivity contribution in [2.45, 2.75) is 26.0 Å². The Labute approximate surface area is 83.8 Å². The molecular formula is C9H22N2OSi. The van der Waals surface area contributed by atoms with Gasteiger partial charge in [0.05, 0.1) is 0 Å². The van der Waals surface area contributed by atoms with Crippen LogP contribution in [-0.2, 0) is 4.43 Å². The van der Waals surface area contributed by atoms with Gasteiger partial charge in [-0.25, -0.2) is 0 Å². The second-order valence-electron chi connectivity index (χ2n) is 3.86. The van der Waals surface area contributed by atoms with Gasteiger partial charge in [0.15, 0.2) is 9.76 Å². The van der Waals surface area contributed by atoms with Gasteiger partial charge in [-0.15, -0.1) is 0 Å². The molecule has 3 nitrogen and oxygen atoms in total. The fourth-order valence-corrected chi connectivity index (χ4v) is 2.76. The lowest BCUT2D eigenvalue weighted by molar-refractivity contribution is 0.234. The van der Waals surface area contributed by atoms with Crippen LogP contribution in [0, 0.1) is 0 Å². The molecule has 1 fully saturated rings. The average molecular weight is 202 g/mol. The number of nitrogens with zero attached hydrogens (tertiary/aromatic N) is 1. The molecule has 0 saturated carbocycles. The molecule has 0 radical (unpaired) electrons. The Bertz CT molecular complexity index is 127. The smallest absolute Gasteiger partial charge is 0.163 e. The minimum absolute atomic E-state index is 0.243. The predicted octanol–water partition coefficient (Wildman–Crippen LogP) is -0.181. The first-order valence-electron chi connectivity index (χ1n) is 5.33. The van der Waals surface area contributed by atoms with Crippen molar-refractivity contribution >= 4 is 9.76 Å². The highest BCUT2D eigenvalue weighted by atomic mass is 28.2. The molecule has 1 saturated heterocycles. The Hall–Kier alpha value is 0.0969. The molecule has 13 heavy (non-hydrogen) atoms. The number of nitrogens with one attached hydrogen (secondary N) is 1. The average Bonchev–Trinajstić information content (AvgIpc) is 2.14. The summed E-state index contributed by atoms with van der Waals surface area (Å²) in [6.07, 6.45) is 0.440. The van der Waals surface area contributed by atoms with Gasteiger partial charge < -0.3 is 14.6 Å². The molecule has 0 spiro atoms. The van der Waals surface area contributed by atoms with Crippen LogP contribution in [0.4, 0.5) is 0 Å². The van der Waals surface area contributed by atoms with Crippen LogP contribution in [0.25, 0.3) is 0 Å². The quantitative estimate of drug-likeness (QED) is 0.494. The number of piperazine rings is 1. The maximum Gasteiger partial charge on any atom is 0.163 e. The summed E-state index contributed by atoms with van der Waals surface area (Å²) in [7, 11) is -0.243. The van der Waals surface area contributed by atoms with Gasteiger partial charge in [-0.1, -0.05) is 0 Å². The lowest BCUT2D eigenvalue weighted by Crippen LogP contribution is -2.43. The van der Waals surface area contributed by atoms with E-state index in [1.807, 2.05) is 0 Å². The summed E-state index contributed by atoms with van der Waals surface area (Å²) in [6.45, 7) is 10.3. The summed E-state index contributed by atoms with van der Waals surface area (Å²) < 4.78 is 5.63. The summed E-state index contributed by atoms with van der Waals surface area (Å²) >= 11 is 0. The molecule has 1 aliphatic heterocycles. The van der Waals surface area contributed by atoms with E-state index in [2.05, 4.69) is 24.1 Å². The van der Waals surface area contributed by atoms with Crippen LogP contribution in [0.2, 0.25) is 6.04 Å². The van der Waals surface area contributed by atoms with Crippen molar-refractivity contribution < 1.29 is 4.43 Å². The molecule has 4 heteroatoms. The second-order valence-corrected chi connectivity index (χ2v) is 5.31. The third-order valence-corrected chi connectivity index (χ3v) is 3.79. The molecule has 0 unspecified atom stereocenters. The third-order valence-electron chi connectivity index (χ3n) is 2.28. The Kier molecular flexibility index (Phi) is 5.62. The fraction of sp³-hybridized carbons (Fsp3) is 1.00. The molecule has 1 aliphatic rings. The van der Waals surface area contributed by atoms with E-state index in [0.29, 0.717) is 6.10 Å². The standard InChI is InChI=1S/C9H22N2OSi/c1-9(2)12-13-8-7-11-5-3-10-4-6-11/h9-10H,3-8,13H2,1-2H3. The number of hydrogen-bond acceptors (Lipinski definition) is 3. The maximum absolute atomic E-state index is 5.63. The molecule has 0 bridgehead atoms. The van der Waals surface area contributed by atoms with Crippen molar-refractivity contribution in [2.24, 2.45) is 0 Å². The van der Waals surface area contributed by atoms with E-state index in [0.717, 1.165) is 13.1 Å². The van der Waals surface area contributed by atoms with Crippen molar-refractivity contribution in [3.05, 3.63) is 0 Å². The zero-order chi connectivity index (χ0) is 9.52. The summed E-state index contributed by atoms with van der Waals surface area (Å²) in [4.78, 5) is 2.53. The normalized spacial score (nSPS) is 20.5. The van der Waals surface area contributed by atoms with Gasteiger partial charge in [-0.3, -0.25) is 0 Å². The highest BCUT2D eigenvalue weighted by molar-refractivity contribution is 6.27. The van der Waals surface area contributed by atoms with Gasteiger partial charge >= 0.3 is 0 Å². The Balaban J connectivity index is 1.92. The van der Waals surface area contributed by atoms with Crippen LogP contribution in [-0.4, -0.2) is 53.5 Å². The molecule has 1 N–H and O–H groups in total. The van der Waals surface area contributed by atoms with E-state index in [1.165, 1.54) is 25.7 Å². The van der Waals surface area contributed by atoms with Crippen LogP contribution < -0.4 is 5.32 Å².